The number of fused-ring (bicyclic) bond motifs is 1. The number of nitrogens with one attached hydrogen (secondary N) is 1. The number of benzene rings is 1. The van der Waals surface area contributed by atoms with Gasteiger partial charge < -0.3 is 24.3 Å². The summed E-state index contributed by atoms with van der Waals surface area (Å²) in [5.41, 5.74) is 1.01. The Morgan fingerprint density at radius 3 is 2.58 bits per heavy atom. The smallest absolute Gasteiger partial charge is 0.407 e. The molecule has 9 nitrogen and oxygen atoms in total. The van der Waals surface area contributed by atoms with Crippen LogP contribution in [0.4, 0.5) is 10.5 Å². The highest BCUT2D eigenvalue weighted by molar-refractivity contribution is 5.99. The van der Waals surface area contributed by atoms with Crippen molar-refractivity contribution in [3.63, 3.8) is 0 Å². The van der Waals surface area contributed by atoms with Gasteiger partial charge in [-0.15, -0.1) is 0 Å². The van der Waals surface area contributed by atoms with Crippen molar-refractivity contribution in [2.75, 3.05) is 25.6 Å². The van der Waals surface area contributed by atoms with E-state index in [1.807, 2.05) is 0 Å². The third kappa shape index (κ3) is 4.83. The fourth-order valence-corrected chi connectivity index (χ4v) is 5.25. The van der Waals surface area contributed by atoms with Crippen molar-refractivity contribution in [1.82, 2.24) is 4.90 Å². The molecule has 2 amide bonds. The quantitative estimate of drug-likeness (QED) is 0.625. The first-order chi connectivity index (χ1) is 15.9. The van der Waals surface area contributed by atoms with Crippen LogP contribution in [0.1, 0.15) is 49.6 Å². The molecule has 0 spiro atoms. The summed E-state index contributed by atoms with van der Waals surface area (Å²) in [6, 6.07) is 5.89. The molecule has 2 heterocycles. The van der Waals surface area contributed by atoms with E-state index in [1.54, 1.807) is 38.3 Å². The second-order valence-corrected chi connectivity index (χ2v) is 8.72. The maximum atomic E-state index is 13.3. The van der Waals surface area contributed by atoms with Gasteiger partial charge in [-0.05, 0) is 75.1 Å². The number of hydrogen-bond donors (Lipinski definition) is 2. The van der Waals surface area contributed by atoms with Gasteiger partial charge in [-0.2, -0.15) is 0 Å². The maximum Gasteiger partial charge on any atom is 0.407 e. The lowest BCUT2D eigenvalue weighted by atomic mass is 9.75. The van der Waals surface area contributed by atoms with E-state index < -0.39 is 18.1 Å². The summed E-state index contributed by atoms with van der Waals surface area (Å²) in [6.07, 6.45) is 3.56. The number of methoxy groups -OCH3 is 1. The fraction of sp³-hybridized carbons (Fsp3) is 0.542. The van der Waals surface area contributed by atoms with E-state index in [0.29, 0.717) is 35.5 Å². The molecule has 1 aliphatic heterocycles. The zero-order valence-electron chi connectivity index (χ0n) is 18.9. The summed E-state index contributed by atoms with van der Waals surface area (Å²) in [5.74, 6) is -0.516. The zero-order chi connectivity index (χ0) is 23.5. The third-order valence-electron chi connectivity index (χ3n) is 6.88. The van der Waals surface area contributed by atoms with Crippen LogP contribution in [0.25, 0.3) is 11.0 Å². The molecule has 1 saturated heterocycles. The monoisotopic (exact) mass is 458 g/mol. The van der Waals surface area contributed by atoms with E-state index in [0.717, 1.165) is 25.7 Å². The van der Waals surface area contributed by atoms with Gasteiger partial charge in [-0.1, -0.05) is 0 Å². The molecule has 4 rings (SSSR count). The van der Waals surface area contributed by atoms with Gasteiger partial charge >= 0.3 is 12.1 Å². The number of nitrogens with zero attached hydrogens (tertiary/aromatic N) is 1. The first-order valence-electron chi connectivity index (χ1n) is 11.4. The van der Waals surface area contributed by atoms with E-state index in [1.165, 1.54) is 4.90 Å². The van der Waals surface area contributed by atoms with Crippen LogP contribution in [0.15, 0.2) is 28.7 Å². The lowest BCUT2D eigenvalue weighted by Crippen LogP contribution is -2.47. The molecule has 178 valence electrons. The van der Waals surface area contributed by atoms with Crippen LogP contribution in [0.2, 0.25) is 0 Å². The van der Waals surface area contributed by atoms with Crippen LogP contribution in [0.3, 0.4) is 0 Å². The SMILES string of the molecule is CCOC(=O)c1cc2cc(NC(=O)[C@H]3[C@@H](C4CCC(OC)CC4)CCN3C(=O)O)ccc2o1. The van der Waals surface area contributed by atoms with Crippen molar-refractivity contribution < 1.29 is 33.4 Å². The van der Waals surface area contributed by atoms with E-state index >= 15 is 0 Å². The number of carbonyl (C=O) groups excluding carboxylic acids is 2. The van der Waals surface area contributed by atoms with Crippen LogP contribution in [-0.4, -0.2) is 60.4 Å². The molecule has 9 heteroatoms. The Balaban J connectivity index is 1.51. The van der Waals surface area contributed by atoms with Crippen LogP contribution in [0, 0.1) is 11.8 Å². The van der Waals surface area contributed by atoms with Crippen molar-refractivity contribution in [2.45, 2.75) is 51.2 Å². The number of hydrogen-bond acceptors (Lipinski definition) is 6. The minimum atomic E-state index is -1.08. The molecule has 0 unspecified atom stereocenters. The summed E-state index contributed by atoms with van der Waals surface area (Å²) in [7, 11) is 1.72. The van der Waals surface area contributed by atoms with Crippen LogP contribution < -0.4 is 5.32 Å². The number of carboxylic acid groups (broad SMARTS) is 1. The van der Waals surface area contributed by atoms with Crippen molar-refractivity contribution in [2.24, 2.45) is 11.8 Å². The highest BCUT2D eigenvalue weighted by Gasteiger charge is 2.46. The summed E-state index contributed by atoms with van der Waals surface area (Å²) in [6.45, 7) is 2.31. The highest BCUT2D eigenvalue weighted by atomic mass is 16.5. The number of ether oxygens (including phenoxy) is 2. The molecule has 1 aliphatic carbocycles. The summed E-state index contributed by atoms with van der Waals surface area (Å²) in [4.78, 5) is 38.3. The average molecular weight is 459 g/mol. The second kappa shape index (κ2) is 9.82. The molecule has 1 aromatic heterocycles. The molecule has 0 bridgehead atoms. The van der Waals surface area contributed by atoms with Gasteiger partial charge in [-0.3, -0.25) is 9.69 Å². The number of rotatable bonds is 6. The summed E-state index contributed by atoms with van der Waals surface area (Å²) in [5, 5.41) is 13.2. The molecule has 2 aliphatic rings. The zero-order valence-corrected chi connectivity index (χ0v) is 18.9. The Kier molecular flexibility index (Phi) is 6.88. The molecule has 2 aromatic rings. The summed E-state index contributed by atoms with van der Waals surface area (Å²) >= 11 is 0. The van der Waals surface area contributed by atoms with E-state index in [4.69, 9.17) is 13.9 Å². The second-order valence-electron chi connectivity index (χ2n) is 8.72. The van der Waals surface area contributed by atoms with Gasteiger partial charge in [0.2, 0.25) is 11.7 Å². The molecule has 2 fully saturated rings. The van der Waals surface area contributed by atoms with Crippen molar-refractivity contribution in [3.8, 4) is 0 Å². The summed E-state index contributed by atoms with van der Waals surface area (Å²) < 4.78 is 15.9. The molecular weight excluding hydrogens is 428 g/mol. The number of esters is 1. The van der Waals surface area contributed by atoms with Gasteiger partial charge in [0.1, 0.15) is 11.6 Å². The highest BCUT2D eigenvalue weighted by Crippen LogP contribution is 2.40. The largest absolute Gasteiger partial charge is 0.465 e. The van der Waals surface area contributed by atoms with Crippen LogP contribution in [0.5, 0.6) is 0 Å². The molecule has 2 N–H and O–H groups in total. The minimum Gasteiger partial charge on any atom is -0.465 e. The molecule has 1 aromatic carbocycles. The number of furan rings is 1. The first kappa shape index (κ1) is 23.1. The van der Waals surface area contributed by atoms with Crippen LogP contribution >= 0.6 is 0 Å². The standard InChI is InChI=1S/C24H30N2O7/c1-3-32-23(28)20-13-15-12-16(6-9-19(15)33-20)25-22(27)21-18(10-11-26(21)24(29)30)14-4-7-17(31-2)8-5-14/h6,9,12-14,17-18,21H,3-5,7-8,10-11H2,1-2H3,(H,25,27)(H,29,30)/t14?,17?,18-,21-/m1/s1. The number of anilines is 1. The molecule has 1 saturated carbocycles. The Morgan fingerprint density at radius 2 is 1.91 bits per heavy atom. The van der Waals surface area contributed by atoms with Crippen molar-refractivity contribution in [3.05, 3.63) is 30.0 Å². The number of likely N-dealkylation sites (tertiary alicyclic amines) is 1. The third-order valence-corrected chi connectivity index (χ3v) is 6.88. The number of carbonyl (C=O) groups is 3. The minimum absolute atomic E-state index is 0.0213. The molecular formula is C24H30N2O7. The van der Waals surface area contributed by atoms with Gasteiger partial charge in [0.15, 0.2) is 0 Å². The van der Waals surface area contributed by atoms with Gasteiger partial charge in [-0.25, -0.2) is 9.59 Å². The number of amides is 2. The van der Waals surface area contributed by atoms with Gasteiger partial charge in [0, 0.05) is 24.7 Å². The Hall–Kier alpha value is -3.07. The lowest BCUT2D eigenvalue weighted by Gasteiger charge is -2.35. The lowest BCUT2D eigenvalue weighted by molar-refractivity contribution is -0.121. The van der Waals surface area contributed by atoms with E-state index in [2.05, 4.69) is 5.32 Å². The van der Waals surface area contributed by atoms with E-state index in [9.17, 15) is 19.5 Å². The van der Waals surface area contributed by atoms with Crippen molar-refractivity contribution >= 4 is 34.6 Å². The fourth-order valence-electron chi connectivity index (χ4n) is 5.25. The topological polar surface area (TPSA) is 118 Å². The normalized spacial score (nSPS) is 25.2. The van der Waals surface area contributed by atoms with Gasteiger partial charge in [0.25, 0.3) is 0 Å². The Morgan fingerprint density at radius 1 is 1.15 bits per heavy atom. The van der Waals surface area contributed by atoms with Crippen LogP contribution in [-0.2, 0) is 14.3 Å². The molecule has 0 radical (unpaired) electrons. The Labute approximate surface area is 192 Å². The average Bonchev–Trinajstić information content (AvgIpc) is 3.44. The molecule has 33 heavy (non-hydrogen) atoms. The Bertz CT molecular complexity index is 1020. The van der Waals surface area contributed by atoms with E-state index in [-0.39, 0.29) is 30.3 Å². The predicted octanol–water partition coefficient (Wildman–Crippen LogP) is 4.12. The van der Waals surface area contributed by atoms with Crippen molar-refractivity contribution in [1.29, 1.82) is 0 Å². The predicted molar refractivity (Wildman–Crippen MR) is 120 cm³/mol. The maximum absolute atomic E-state index is 13.3. The molecule has 2 atom stereocenters. The first-order valence-corrected chi connectivity index (χ1v) is 11.4. The van der Waals surface area contributed by atoms with Gasteiger partial charge in [0.05, 0.1) is 12.7 Å².